The highest BCUT2D eigenvalue weighted by Gasteiger charge is 1.94. The van der Waals surface area contributed by atoms with Gasteiger partial charge in [-0.15, -0.1) is 5.73 Å². The van der Waals surface area contributed by atoms with Crippen LogP contribution in [0.5, 0.6) is 0 Å². The molecule has 0 radical (unpaired) electrons. The monoisotopic (exact) mass is 198 g/mol. The molecule has 0 aliphatic heterocycles. The number of hydrogen-bond acceptors (Lipinski definition) is 0. The summed E-state index contributed by atoms with van der Waals surface area (Å²) >= 11 is 0. The Morgan fingerprint density at radius 3 is 2.60 bits per heavy atom. The maximum absolute atomic E-state index is 3.37. The molecule has 1 aromatic rings. The zero-order valence-corrected chi connectivity index (χ0v) is 9.96. The van der Waals surface area contributed by atoms with Crippen molar-refractivity contribution in [3.8, 4) is 0 Å². The zero-order chi connectivity index (χ0) is 11.3. The minimum Gasteiger partial charge on any atom is -0.114 e. The summed E-state index contributed by atoms with van der Waals surface area (Å²) in [7, 11) is 0. The molecule has 0 N–H and O–H groups in total. The van der Waals surface area contributed by atoms with Gasteiger partial charge in [-0.05, 0) is 44.4 Å². The summed E-state index contributed by atoms with van der Waals surface area (Å²) in [5, 5.41) is 0. The van der Waals surface area contributed by atoms with Gasteiger partial charge in [-0.3, -0.25) is 0 Å². The number of allylic oxidation sites excluding steroid dienone is 3. The topological polar surface area (TPSA) is 0 Å². The molecule has 0 heterocycles. The summed E-state index contributed by atoms with van der Waals surface area (Å²) in [5.74, 6) is 0. The van der Waals surface area contributed by atoms with Gasteiger partial charge in [0.05, 0.1) is 0 Å². The Morgan fingerprint density at radius 2 is 2.00 bits per heavy atom. The van der Waals surface area contributed by atoms with Gasteiger partial charge in [0.2, 0.25) is 0 Å². The lowest BCUT2D eigenvalue weighted by molar-refractivity contribution is 1.43. The van der Waals surface area contributed by atoms with E-state index in [2.05, 4.69) is 56.8 Å². The standard InChI is InChI=1S/C15H18/c1-5-7-12(2)10-14(4)15-9-6-8-13(3)11-15/h5-9,11H,1-4H3/b7-5+. The predicted octanol–water partition coefficient (Wildman–Crippen LogP) is 4.52. The molecular weight excluding hydrogens is 180 g/mol. The third-order valence-corrected chi connectivity index (χ3v) is 2.25. The highest BCUT2D eigenvalue weighted by atomic mass is 14.0. The van der Waals surface area contributed by atoms with Crippen LogP contribution in [-0.2, 0) is 0 Å². The SMILES string of the molecule is C/C=C/C(C)=C=C(C)c1cccc(C)c1. The van der Waals surface area contributed by atoms with Crippen LogP contribution in [0.3, 0.4) is 0 Å². The van der Waals surface area contributed by atoms with E-state index < -0.39 is 0 Å². The second-order valence-corrected chi connectivity index (χ2v) is 3.80. The minimum atomic E-state index is 1.16. The van der Waals surface area contributed by atoms with E-state index in [0.717, 1.165) is 5.57 Å². The molecule has 0 aliphatic rings. The zero-order valence-electron chi connectivity index (χ0n) is 9.96. The third-order valence-electron chi connectivity index (χ3n) is 2.25. The van der Waals surface area contributed by atoms with Gasteiger partial charge in [-0.25, -0.2) is 0 Å². The lowest BCUT2D eigenvalue weighted by Crippen LogP contribution is -1.79. The molecule has 1 rings (SSSR count). The Bertz CT molecular complexity index is 427. The van der Waals surface area contributed by atoms with Crippen molar-refractivity contribution < 1.29 is 0 Å². The van der Waals surface area contributed by atoms with Crippen molar-refractivity contribution in [2.75, 3.05) is 0 Å². The molecular formula is C15H18. The molecule has 0 heteroatoms. The minimum absolute atomic E-state index is 1.16. The molecule has 1 aromatic carbocycles. The summed E-state index contributed by atoms with van der Waals surface area (Å²) in [6.07, 6.45) is 4.10. The van der Waals surface area contributed by atoms with Crippen LogP contribution >= 0.6 is 0 Å². The van der Waals surface area contributed by atoms with E-state index >= 15 is 0 Å². The van der Waals surface area contributed by atoms with E-state index in [4.69, 9.17) is 0 Å². The molecule has 0 aliphatic carbocycles. The second kappa shape index (κ2) is 5.38. The molecule has 0 unspecified atom stereocenters. The second-order valence-electron chi connectivity index (χ2n) is 3.80. The Hall–Kier alpha value is -1.52. The van der Waals surface area contributed by atoms with Crippen molar-refractivity contribution in [1.29, 1.82) is 0 Å². The number of hydrogen-bond donors (Lipinski definition) is 0. The first-order valence-corrected chi connectivity index (χ1v) is 5.27. The van der Waals surface area contributed by atoms with Gasteiger partial charge in [-0.2, -0.15) is 0 Å². The summed E-state index contributed by atoms with van der Waals surface area (Å²) in [6, 6.07) is 8.50. The van der Waals surface area contributed by atoms with E-state index in [1.807, 2.05) is 13.0 Å². The first kappa shape index (κ1) is 11.6. The van der Waals surface area contributed by atoms with Gasteiger partial charge < -0.3 is 0 Å². The van der Waals surface area contributed by atoms with Crippen LogP contribution in [0.15, 0.2) is 47.7 Å². The van der Waals surface area contributed by atoms with Crippen LogP contribution < -0.4 is 0 Å². The Balaban J connectivity index is 3.14. The fourth-order valence-electron chi connectivity index (χ4n) is 1.54. The van der Waals surface area contributed by atoms with E-state index in [-0.39, 0.29) is 0 Å². The Kier molecular flexibility index (Phi) is 4.15. The highest BCUT2D eigenvalue weighted by Crippen LogP contribution is 2.14. The molecule has 0 saturated heterocycles. The van der Waals surface area contributed by atoms with E-state index in [9.17, 15) is 0 Å². The molecule has 0 aromatic heterocycles. The number of rotatable bonds is 2. The molecule has 15 heavy (non-hydrogen) atoms. The average Bonchev–Trinajstić information content (AvgIpc) is 2.18. The van der Waals surface area contributed by atoms with E-state index in [1.54, 1.807) is 0 Å². The normalized spacial score (nSPS) is 10.1. The fourth-order valence-corrected chi connectivity index (χ4v) is 1.54. The van der Waals surface area contributed by atoms with Crippen molar-refractivity contribution in [3.05, 3.63) is 58.8 Å². The van der Waals surface area contributed by atoms with Crippen molar-refractivity contribution in [2.45, 2.75) is 27.7 Å². The fraction of sp³-hybridized carbons (Fsp3) is 0.267. The summed E-state index contributed by atoms with van der Waals surface area (Å²) in [4.78, 5) is 0. The Labute approximate surface area is 92.6 Å². The maximum atomic E-state index is 3.37. The smallest absolute Gasteiger partial charge is 0.00161 e. The van der Waals surface area contributed by atoms with Crippen LogP contribution in [0.25, 0.3) is 5.57 Å². The van der Waals surface area contributed by atoms with Crippen LogP contribution in [0.1, 0.15) is 31.9 Å². The van der Waals surface area contributed by atoms with Gasteiger partial charge in [-0.1, -0.05) is 42.0 Å². The number of benzene rings is 1. The van der Waals surface area contributed by atoms with Gasteiger partial charge in [0.15, 0.2) is 0 Å². The quantitative estimate of drug-likeness (QED) is 0.484. The third kappa shape index (κ3) is 3.61. The van der Waals surface area contributed by atoms with Crippen molar-refractivity contribution in [2.24, 2.45) is 0 Å². The summed E-state index contributed by atoms with van der Waals surface area (Å²) in [5.41, 5.74) is 8.26. The summed E-state index contributed by atoms with van der Waals surface area (Å²) in [6.45, 7) is 8.30. The van der Waals surface area contributed by atoms with E-state index in [1.165, 1.54) is 16.7 Å². The molecule has 0 bridgehead atoms. The highest BCUT2D eigenvalue weighted by molar-refractivity contribution is 5.64. The first-order valence-electron chi connectivity index (χ1n) is 5.27. The molecule has 0 amide bonds. The lowest BCUT2D eigenvalue weighted by atomic mass is 10.1. The summed E-state index contributed by atoms with van der Waals surface area (Å²) < 4.78 is 0. The van der Waals surface area contributed by atoms with Crippen molar-refractivity contribution >= 4 is 5.57 Å². The van der Waals surface area contributed by atoms with Gasteiger partial charge in [0, 0.05) is 0 Å². The maximum Gasteiger partial charge on any atom is -0.00161 e. The van der Waals surface area contributed by atoms with Crippen molar-refractivity contribution in [1.82, 2.24) is 0 Å². The van der Waals surface area contributed by atoms with Crippen LogP contribution in [0.2, 0.25) is 0 Å². The molecule has 0 nitrogen and oxygen atoms in total. The number of aryl methyl sites for hydroxylation is 1. The van der Waals surface area contributed by atoms with Crippen LogP contribution in [-0.4, -0.2) is 0 Å². The Morgan fingerprint density at radius 1 is 1.27 bits per heavy atom. The van der Waals surface area contributed by atoms with Crippen molar-refractivity contribution in [3.63, 3.8) is 0 Å². The molecule has 78 valence electrons. The largest absolute Gasteiger partial charge is 0.114 e. The van der Waals surface area contributed by atoms with E-state index in [0.29, 0.717) is 0 Å². The predicted molar refractivity (Wildman–Crippen MR) is 67.8 cm³/mol. The van der Waals surface area contributed by atoms with Crippen LogP contribution in [0.4, 0.5) is 0 Å². The molecule has 0 spiro atoms. The molecule has 0 fully saturated rings. The van der Waals surface area contributed by atoms with Gasteiger partial charge in [0.1, 0.15) is 0 Å². The molecule has 0 saturated carbocycles. The van der Waals surface area contributed by atoms with Crippen LogP contribution in [0, 0.1) is 6.92 Å². The van der Waals surface area contributed by atoms with Gasteiger partial charge in [0.25, 0.3) is 0 Å². The lowest BCUT2D eigenvalue weighted by Gasteiger charge is -2.00. The molecule has 0 atom stereocenters. The van der Waals surface area contributed by atoms with Gasteiger partial charge >= 0.3 is 0 Å². The average molecular weight is 198 g/mol. The first-order chi connectivity index (χ1) is 7.13.